The Kier molecular flexibility index (Phi) is 4.63. The van der Waals surface area contributed by atoms with Gasteiger partial charge >= 0.3 is 0 Å². The molecule has 28 heavy (non-hydrogen) atoms. The van der Waals surface area contributed by atoms with Crippen LogP contribution in [0, 0.1) is 13.8 Å². The molecule has 4 aromatic rings. The molecule has 0 aliphatic carbocycles. The average Bonchev–Trinajstić information content (AvgIpc) is 3.10. The number of anilines is 2. The normalized spacial score (nSPS) is 10.8. The van der Waals surface area contributed by atoms with Crippen molar-refractivity contribution in [2.24, 2.45) is 0 Å². The van der Waals surface area contributed by atoms with E-state index >= 15 is 0 Å². The third-order valence-electron chi connectivity index (χ3n) is 4.25. The van der Waals surface area contributed by atoms with Crippen LogP contribution in [0.15, 0.2) is 47.5 Å². The van der Waals surface area contributed by atoms with Crippen molar-refractivity contribution in [1.29, 1.82) is 0 Å². The molecule has 9 nitrogen and oxygen atoms in total. The largest absolute Gasteiger partial charge is 0.397 e. The van der Waals surface area contributed by atoms with Crippen molar-refractivity contribution in [3.63, 3.8) is 0 Å². The van der Waals surface area contributed by atoms with E-state index in [0.29, 0.717) is 41.0 Å². The first kappa shape index (κ1) is 17.5. The van der Waals surface area contributed by atoms with Crippen LogP contribution in [0.2, 0.25) is 0 Å². The molecule has 9 heteroatoms. The fourth-order valence-corrected chi connectivity index (χ4v) is 2.68. The molecule has 0 aliphatic rings. The highest BCUT2D eigenvalue weighted by Crippen LogP contribution is 2.26. The number of aromatic nitrogens is 6. The molecule has 0 bridgehead atoms. The Hall–Kier alpha value is -3.88. The molecule has 0 saturated heterocycles. The SMILES string of the molecule is Cc1nc(-c2onc(C)c2CNc2nccc(-c3cnccn3)n2)ccc1N. The average molecular weight is 374 g/mol. The summed E-state index contributed by atoms with van der Waals surface area (Å²) in [7, 11) is 0. The highest BCUT2D eigenvalue weighted by molar-refractivity contribution is 5.61. The van der Waals surface area contributed by atoms with Crippen molar-refractivity contribution >= 4 is 11.6 Å². The van der Waals surface area contributed by atoms with Gasteiger partial charge in [-0.2, -0.15) is 0 Å². The summed E-state index contributed by atoms with van der Waals surface area (Å²) in [5.41, 5.74) is 10.9. The van der Waals surface area contributed by atoms with Gasteiger partial charge in [0.15, 0.2) is 5.76 Å². The predicted molar refractivity (Wildman–Crippen MR) is 104 cm³/mol. The molecule has 0 unspecified atom stereocenters. The fraction of sp³-hybridized carbons (Fsp3) is 0.158. The van der Waals surface area contributed by atoms with Crippen LogP contribution < -0.4 is 11.1 Å². The third-order valence-corrected chi connectivity index (χ3v) is 4.25. The maximum Gasteiger partial charge on any atom is 0.223 e. The Balaban J connectivity index is 1.58. The Morgan fingerprint density at radius 1 is 0.929 bits per heavy atom. The summed E-state index contributed by atoms with van der Waals surface area (Å²) in [5, 5.41) is 7.29. The van der Waals surface area contributed by atoms with E-state index in [2.05, 4.69) is 35.4 Å². The number of rotatable bonds is 5. The molecule has 0 radical (unpaired) electrons. The smallest absolute Gasteiger partial charge is 0.223 e. The molecule has 4 heterocycles. The molecule has 0 amide bonds. The third kappa shape index (κ3) is 3.50. The van der Waals surface area contributed by atoms with Crippen molar-refractivity contribution in [1.82, 2.24) is 30.1 Å². The molecule has 4 rings (SSSR count). The van der Waals surface area contributed by atoms with Crippen molar-refractivity contribution in [2.45, 2.75) is 20.4 Å². The molecule has 0 aromatic carbocycles. The van der Waals surface area contributed by atoms with Crippen LogP contribution in [0.5, 0.6) is 0 Å². The highest BCUT2D eigenvalue weighted by Gasteiger charge is 2.17. The molecular formula is C19H18N8O. The minimum absolute atomic E-state index is 0.430. The van der Waals surface area contributed by atoms with Gasteiger partial charge in [-0.25, -0.2) is 15.0 Å². The quantitative estimate of drug-likeness (QED) is 0.541. The molecule has 0 saturated carbocycles. The van der Waals surface area contributed by atoms with Gasteiger partial charge in [0, 0.05) is 30.7 Å². The predicted octanol–water partition coefficient (Wildman–Crippen LogP) is 2.79. The monoisotopic (exact) mass is 374 g/mol. The number of hydrogen-bond donors (Lipinski definition) is 2. The first-order chi connectivity index (χ1) is 13.6. The summed E-state index contributed by atoms with van der Waals surface area (Å²) in [6, 6.07) is 5.41. The molecule has 0 aliphatic heterocycles. The van der Waals surface area contributed by atoms with Crippen molar-refractivity contribution in [3.05, 3.63) is 59.9 Å². The van der Waals surface area contributed by atoms with Gasteiger partial charge in [-0.3, -0.25) is 9.97 Å². The Labute approximate surface area is 161 Å². The zero-order valence-electron chi connectivity index (χ0n) is 15.4. The maximum atomic E-state index is 5.86. The number of nitrogens with one attached hydrogen (secondary N) is 1. The van der Waals surface area contributed by atoms with Crippen LogP contribution in [0.25, 0.3) is 22.8 Å². The second kappa shape index (κ2) is 7.39. The molecule has 140 valence electrons. The number of pyridine rings is 1. The van der Waals surface area contributed by atoms with Gasteiger partial charge < -0.3 is 15.6 Å². The lowest BCUT2D eigenvalue weighted by Crippen LogP contribution is -2.06. The lowest BCUT2D eigenvalue weighted by Gasteiger charge is -2.07. The standard InChI is InChI=1S/C19H18N8O/c1-11-13(18(28-27-11)16-4-3-14(20)12(2)25-16)9-24-19-23-6-5-15(26-19)17-10-21-7-8-22-17/h3-8,10H,9,20H2,1-2H3,(H,23,24,26). The second-order valence-corrected chi connectivity index (χ2v) is 6.16. The van der Waals surface area contributed by atoms with E-state index in [1.807, 2.05) is 19.9 Å². The molecule has 0 atom stereocenters. The first-order valence-electron chi connectivity index (χ1n) is 8.64. The minimum Gasteiger partial charge on any atom is -0.397 e. The highest BCUT2D eigenvalue weighted by atomic mass is 16.5. The lowest BCUT2D eigenvalue weighted by atomic mass is 10.1. The molecule has 0 spiro atoms. The van der Waals surface area contributed by atoms with E-state index in [-0.39, 0.29) is 0 Å². The van der Waals surface area contributed by atoms with Crippen LogP contribution in [0.4, 0.5) is 11.6 Å². The van der Waals surface area contributed by atoms with Crippen LogP contribution in [-0.2, 0) is 6.54 Å². The van der Waals surface area contributed by atoms with Gasteiger partial charge in [0.05, 0.1) is 29.0 Å². The lowest BCUT2D eigenvalue weighted by molar-refractivity contribution is 0.425. The molecular weight excluding hydrogens is 356 g/mol. The number of nitrogens with zero attached hydrogens (tertiary/aromatic N) is 6. The van der Waals surface area contributed by atoms with E-state index in [0.717, 1.165) is 17.0 Å². The Morgan fingerprint density at radius 3 is 2.61 bits per heavy atom. The van der Waals surface area contributed by atoms with Crippen LogP contribution in [0.3, 0.4) is 0 Å². The van der Waals surface area contributed by atoms with Crippen LogP contribution >= 0.6 is 0 Å². The number of aryl methyl sites for hydroxylation is 2. The summed E-state index contributed by atoms with van der Waals surface area (Å²) in [6.45, 7) is 4.16. The molecule has 3 N–H and O–H groups in total. The number of hydrogen-bond acceptors (Lipinski definition) is 9. The number of nitrogens with two attached hydrogens (primary N) is 1. The van der Waals surface area contributed by atoms with Gasteiger partial charge in [-0.05, 0) is 32.0 Å². The maximum absolute atomic E-state index is 5.86. The van der Waals surface area contributed by atoms with E-state index in [1.54, 1.807) is 36.9 Å². The summed E-state index contributed by atoms with van der Waals surface area (Å²) in [4.78, 5) is 21.6. The fourth-order valence-electron chi connectivity index (χ4n) is 2.68. The van der Waals surface area contributed by atoms with E-state index < -0.39 is 0 Å². The Morgan fingerprint density at radius 2 is 1.82 bits per heavy atom. The van der Waals surface area contributed by atoms with Gasteiger partial charge in [0.1, 0.15) is 11.4 Å². The van der Waals surface area contributed by atoms with E-state index in [4.69, 9.17) is 10.3 Å². The second-order valence-electron chi connectivity index (χ2n) is 6.16. The topological polar surface area (TPSA) is 129 Å². The summed E-state index contributed by atoms with van der Waals surface area (Å²) < 4.78 is 5.51. The van der Waals surface area contributed by atoms with E-state index in [1.165, 1.54) is 0 Å². The van der Waals surface area contributed by atoms with Gasteiger partial charge in [-0.1, -0.05) is 5.16 Å². The van der Waals surface area contributed by atoms with Crippen molar-refractivity contribution < 1.29 is 4.52 Å². The van der Waals surface area contributed by atoms with Gasteiger partial charge in [0.2, 0.25) is 5.95 Å². The zero-order valence-corrected chi connectivity index (χ0v) is 15.4. The molecule has 4 aromatic heterocycles. The minimum atomic E-state index is 0.430. The Bertz CT molecular complexity index is 1110. The van der Waals surface area contributed by atoms with Crippen molar-refractivity contribution in [3.8, 4) is 22.8 Å². The van der Waals surface area contributed by atoms with E-state index in [9.17, 15) is 0 Å². The van der Waals surface area contributed by atoms with Gasteiger partial charge in [-0.15, -0.1) is 0 Å². The van der Waals surface area contributed by atoms with Crippen molar-refractivity contribution in [2.75, 3.05) is 11.1 Å². The van der Waals surface area contributed by atoms with Crippen LogP contribution in [0.1, 0.15) is 17.0 Å². The zero-order chi connectivity index (χ0) is 19.5. The first-order valence-corrected chi connectivity index (χ1v) is 8.64. The van der Waals surface area contributed by atoms with Gasteiger partial charge in [0.25, 0.3) is 0 Å². The van der Waals surface area contributed by atoms with Crippen LogP contribution in [-0.4, -0.2) is 30.1 Å². The summed E-state index contributed by atoms with van der Waals surface area (Å²) in [5.74, 6) is 1.06. The summed E-state index contributed by atoms with van der Waals surface area (Å²) in [6.07, 6.45) is 6.57. The molecule has 0 fully saturated rings. The summed E-state index contributed by atoms with van der Waals surface area (Å²) >= 11 is 0. The number of nitrogen functional groups attached to an aromatic ring is 1.